The Bertz CT molecular complexity index is 1510. The van der Waals surface area contributed by atoms with Crippen molar-refractivity contribution in [1.82, 2.24) is 15.1 Å². The van der Waals surface area contributed by atoms with Crippen LogP contribution in [0.2, 0.25) is 0 Å². The molecule has 0 saturated carbocycles. The number of fused-ring (bicyclic) bond motifs is 1. The summed E-state index contributed by atoms with van der Waals surface area (Å²) in [4.78, 5) is 59.2. The fourth-order valence-corrected chi connectivity index (χ4v) is 5.32. The van der Waals surface area contributed by atoms with Gasteiger partial charge in [-0.15, -0.1) is 0 Å². The quantitative estimate of drug-likeness (QED) is 0.303. The fourth-order valence-electron chi connectivity index (χ4n) is 5.32. The van der Waals surface area contributed by atoms with Crippen LogP contribution in [-0.2, 0) is 14.4 Å². The summed E-state index contributed by atoms with van der Waals surface area (Å²) < 4.78 is 5.68. The number of anilines is 2. The van der Waals surface area contributed by atoms with E-state index in [1.54, 1.807) is 29.2 Å². The maximum absolute atomic E-state index is 13.6. The second-order valence-corrected chi connectivity index (χ2v) is 10.8. The molecule has 11 heteroatoms. The van der Waals surface area contributed by atoms with Gasteiger partial charge in [0.1, 0.15) is 17.4 Å². The lowest BCUT2D eigenvalue weighted by molar-refractivity contribution is -0.140. The topological polar surface area (TPSA) is 136 Å². The third-order valence-electron chi connectivity index (χ3n) is 7.42. The Kier molecular flexibility index (Phi) is 8.85. The van der Waals surface area contributed by atoms with E-state index in [9.17, 15) is 19.2 Å². The number of carbonyl (C=O) groups is 4. The van der Waals surface area contributed by atoms with Crippen molar-refractivity contribution in [3.8, 4) is 0 Å². The van der Waals surface area contributed by atoms with Gasteiger partial charge in [-0.1, -0.05) is 0 Å². The molecule has 1 aromatic heterocycles. The number of likely N-dealkylation sites (tertiary alicyclic amines) is 2. The maximum Gasteiger partial charge on any atom is 0.257 e. The van der Waals surface area contributed by atoms with E-state index in [0.717, 1.165) is 55.5 Å². The maximum atomic E-state index is 13.6. The largest absolute Gasteiger partial charge is 0.461 e. The van der Waals surface area contributed by atoms with E-state index in [1.165, 1.54) is 6.92 Å². The van der Waals surface area contributed by atoms with E-state index in [2.05, 4.69) is 16.0 Å². The molecule has 3 N–H and O–H groups in total. The van der Waals surface area contributed by atoms with Gasteiger partial charge in [0.2, 0.25) is 23.7 Å². The van der Waals surface area contributed by atoms with Gasteiger partial charge in [0.25, 0.3) is 5.91 Å². The first-order chi connectivity index (χ1) is 20.2. The summed E-state index contributed by atoms with van der Waals surface area (Å²) in [5.41, 5.74) is 2.31. The monoisotopic (exact) mass is 572 g/mol. The molecule has 0 spiro atoms. The molecule has 0 bridgehead atoms. The highest BCUT2D eigenvalue weighted by Crippen LogP contribution is 2.23. The smallest absolute Gasteiger partial charge is 0.257 e. The van der Waals surface area contributed by atoms with Crippen LogP contribution in [0, 0.1) is 6.92 Å². The van der Waals surface area contributed by atoms with Crippen molar-refractivity contribution < 1.29 is 23.6 Å². The van der Waals surface area contributed by atoms with Gasteiger partial charge < -0.3 is 24.9 Å². The minimum atomic E-state index is -0.760. The lowest BCUT2D eigenvalue weighted by Crippen LogP contribution is -2.45. The third-order valence-corrected chi connectivity index (χ3v) is 7.42. The lowest BCUT2D eigenvalue weighted by Gasteiger charge is -2.25. The van der Waals surface area contributed by atoms with Crippen molar-refractivity contribution in [1.29, 1.82) is 0 Å². The zero-order valence-corrected chi connectivity index (χ0v) is 23.9. The molecule has 2 aliphatic heterocycles. The predicted molar refractivity (Wildman–Crippen MR) is 160 cm³/mol. The van der Waals surface area contributed by atoms with Crippen LogP contribution >= 0.6 is 0 Å². The van der Waals surface area contributed by atoms with Gasteiger partial charge in [-0.2, -0.15) is 0 Å². The molecule has 42 heavy (non-hydrogen) atoms. The molecule has 0 radical (unpaired) electrons. The van der Waals surface area contributed by atoms with Crippen LogP contribution in [0.1, 0.15) is 55.1 Å². The summed E-state index contributed by atoms with van der Waals surface area (Å²) in [7, 11) is 0. The van der Waals surface area contributed by atoms with Crippen LogP contribution in [0.3, 0.4) is 0 Å². The van der Waals surface area contributed by atoms with Crippen molar-refractivity contribution in [2.45, 2.75) is 52.0 Å². The SMILES string of the molecule is CC(=O)Nc1ccc(C(=O)NC(=N[C@H]2CCCCN(CC(=O)N3CCCC3)C2=O)Nc2ccc3oc(C)cc3c2)cc1. The summed E-state index contributed by atoms with van der Waals surface area (Å²) >= 11 is 0. The van der Waals surface area contributed by atoms with Crippen LogP contribution in [0.5, 0.6) is 0 Å². The number of furan rings is 1. The van der Waals surface area contributed by atoms with Crippen molar-refractivity contribution in [3.63, 3.8) is 0 Å². The highest BCUT2D eigenvalue weighted by Gasteiger charge is 2.30. The zero-order valence-electron chi connectivity index (χ0n) is 23.9. The molecule has 0 aliphatic carbocycles. The van der Waals surface area contributed by atoms with Crippen molar-refractivity contribution in [2.75, 3.05) is 36.8 Å². The predicted octanol–water partition coefficient (Wildman–Crippen LogP) is 3.90. The van der Waals surface area contributed by atoms with E-state index >= 15 is 0 Å². The summed E-state index contributed by atoms with van der Waals surface area (Å²) in [6, 6.07) is 13.1. The second-order valence-electron chi connectivity index (χ2n) is 10.8. The molecule has 0 unspecified atom stereocenters. The molecule has 2 aromatic carbocycles. The molecule has 3 heterocycles. The van der Waals surface area contributed by atoms with Crippen LogP contribution in [0.15, 0.2) is 57.9 Å². The molecule has 5 rings (SSSR count). The molecule has 4 amide bonds. The Balaban J connectivity index is 1.38. The average molecular weight is 573 g/mol. The second kappa shape index (κ2) is 12.9. The standard InChI is InChI=1S/C31H36N6O5/c1-20-17-23-18-25(12-13-27(23)42-20)33-31(35-29(40)22-8-10-24(11-9-22)32-21(2)38)34-26-7-3-4-16-37(30(26)41)19-28(39)36-14-5-6-15-36/h8-13,17-18,26H,3-7,14-16,19H2,1-2H3,(H,32,38)(H2,33,34,35,40)/t26-/m0/s1. The highest BCUT2D eigenvalue weighted by atomic mass is 16.3. The average Bonchev–Trinajstić information content (AvgIpc) is 3.59. The first kappa shape index (κ1) is 28.8. The summed E-state index contributed by atoms with van der Waals surface area (Å²) in [5.74, 6) is -0.00758. The molecule has 3 aromatic rings. The Hall–Kier alpha value is -4.67. The molecule has 220 valence electrons. The molecule has 11 nitrogen and oxygen atoms in total. The van der Waals surface area contributed by atoms with Gasteiger partial charge in [-0.05, 0) is 87.6 Å². The number of amides is 4. The number of benzene rings is 2. The highest BCUT2D eigenvalue weighted by molar-refractivity contribution is 6.11. The molecule has 1 atom stereocenters. The van der Waals surface area contributed by atoms with Crippen molar-refractivity contribution in [2.24, 2.45) is 4.99 Å². The first-order valence-corrected chi connectivity index (χ1v) is 14.4. The summed E-state index contributed by atoms with van der Waals surface area (Å²) in [6.45, 7) is 5.28. The van der Waals surface area contributed by atoms with E-state index in [4.69, 9.17) is 9.41 Å². The Morgan fingerprint density at radius 2 is 1.64 bits per heavy atom. The minimum absolute atomic E-state index is 0.0384. The van der Waals surface area contributed by atoms with Gasteiger partial charge >= 0.3 is 0 Å². The first-order valence-electron chi connectivity index (χ1n) is 14.4. The lowest BCUT2D eigenvalue weighted by atomic mass is 10.1. The minimum Gasteiger partial charge on any atom is -0.461 e. The Labute approximate surface area is 244 Å². The fraction of sp³-hybridized carbons (Fsp3) is 0.387. The molecule has 2 aliphatic rings. The normalized spacial score (nSPS) is 17.7. The summed E-state index contributed by atoms with van der Waals surface area (Å²) in [6.07, 6.45) is 4.01. The van der Waals surface area contributed by atoms with Crippen molar-refractivity contribution in [3.05, 3.63) is 59.9 Å². The van der Waals surface area contributed by atoms with Crippen LogP contribution in [-0.4, -0.2) is 71.6 Å². The number of nitrogens with zero attached hydrogens (tertiary/aromatic N) is 3. The number of guanidine groups is 1. The number of hydrogen-bond donors (Lipinski definition) is 3. The number of nitrogens with one attached hydrogen (secondary N) is 3. The van der Waals surface area contributed by atoms with E-state index in [-0.39, 0.29) is 30.2 Å². The Morgan fingerprint density at radius 3 is 2.38 bits per heavy atom. The number of rotatable bonds is 6. The van der Waals surface area contributed by atoms with E-state index in [1.807, 2.05) is 36.1 Å². The number of hydrogen-bond acceptors (Lipinski definition) is 6. The molecular weight excluding hydrogens is 536 g/mol. The van der Waals surface area contributed by atoms with Gasteiger partial charge in [0.05, 0.1) is 6.54 Å². The van der Waals surface area contributed by atoms with Gasteiger partial charge in [0.15, 0.2) is 0 Å². The van der Waals surface area contributed by atoms with Crippen molar-refractivity contribution >= 4 is 51.9 Å². The van der Waals surface area contributed by atoms with Gasteiger partial charge in [-0.25, -0.2) is 4.99 Å². The molecule has 2 saturated heterocycles. The van der Waals surface area contributed by atoms with Gasteiger partial charge in [-0.3, -0.25) is 24.5 Å². The van der Waals surface area contributed by atoms with Crippen LogP contribution < -0.4 is 16.0 Å². The van der Waals surface area contributed by atoms with Gasteiger partial charge in [0, 0.05) is 48.9 Å². The Morgan fingerprint density at radius 1 is 0.929 bits per heavy atom. The van der Waals surface area contributed by atoms with E-state index < -0.39 is 11.9 Å². The van der Waals surface area contributed by atoms with Crippen LogP contribution in [0.4, 0.5) is 11.4 Å². The number of aryl methyl sites for hydroxylation is 1. The number of carbonyl (C=O) groups excluding carboxylic acids is 4. The van der Waals surface area contributed by atoms with Crippen LogP contribution in [0.25, 0.3) is 11.0 Å². The molecule has 2 fully saturated rings. The molecular formula is C31H36N6O5. The van der Waals surface area contributed by atoms with E-state index in [0.29, 0.717) is 29.9 Å². The summed E-state index contributed by atoms with van der Waals surface area (Å²) in [5, 5.41) is 9.57. The number of aliphatic imine (C=N–C) groups is 1. The third kappa shape index (κ3) is 7.15. The zero-order chi connectivity index (χ0) is 29.6.